The van der Waals surface area contributed by atoms with E-state index in [4.69, 9.17) is 11.6 Å². The summed E-state index contributed by atoms with van der Waals surface area (Å²) < 4.78 is 76.4. The van der Waals surface area contributed by atoms with E-state index in [1.54, 1.807) is 0 Å². The largest absolute Gasteiger partial charge is 0.573 e. The Kier molecular flexibility index (Phi) is 4.72. The summed E-state index contributed by atoms with van der Waals surface area (Å²) in [5.74, 6) is -0.899. The molecule has 10 heteroatoms. The lowest BCUT2D eigenvalue weighted by Crippen LogP contribution is -2.18. The Hall–Kier alpha value is -0.960. The van der Waals surface area contributed by atoms with Gasteiger partial charge in [-0.25, -0.2) is 4.99 Å². The van der Waals surface area contributed by atoms with Gasteiger partial charge in [-0.3, -0.25) is 0 Å². The predicted octanol–water partition coefficient (Wildman–Crippen LogP) is 5.18. The zero-order valence-corrected chi connectivity index (χ0v) is 11.0. The highest BCUT2D eigenvalue weighted by Crippen LogP contribution is 2.36. The summed E-state index contributed by atoms with van der Waals surface area (Å²) in [6, 6.07) is 2.93. The fourth-order valence-electron chi connectivity index (χ4n) is 0.956. The van der Waals surface area contributed by atoms with Crippen LogP contribution in [0.15, 0.2) is 27.7 Å². The molecule has 2 nitrogen and oxygen atoms in total. The van der Waals surface area contributed by atoms with Crippen molar-refractivity contribution in [2.45, 2.75) is 12.5 Å². The molecule has 0 aliphatic rings. The van der Waals surface area contributed by atoms with Gasteiger partial charge in [-0.15, -0.1) is 13.2 Å². The first-order chi connectivity index (χ1) is 8.49. The van der Waals surface area contributed by atoms with Crippen LogP contribution in [0.2, 0.25) is 0 Å². The highest BCUT2D eigenvalue weighted by atomic mass is 79.9. The third-order valence-electron chi connectivity index (χ3n) is 1.60. The maximum atomic E-state index is 12.1. The number of nitrogens with zero attached hydrogens (tertiary/aromatic N) is 1. The van der Waals surface area contributed by atoms with Crippen LogP contribution in [0.4, 0.5) is 32.0 Å². The Morgan fingerprint density at radius 3 is 2.21 bits per heavy atom. The van der Waals surface area contributed by atoms with Crippen LogP contribution < -0.4 is 4.74 Å². The highest BCUT2D eigenvalue weighted by molar-refractivity contribution is 9.10. The van der Waals surface area contributed by atoms with Crippen molar-refractivity contribution in [3.8, 4) is 5.75 Å². The minimum atomic E-state index is -5.06. The number of halogens is 8. The van der Waals surface area contributed by atoms with Crippen LogP contribution in [0, 0.1) is 0 Å². The van der Waals surface area contributed by atoms with Gasteiger partial charge in [0, 0.05) is 4.47 Å². The first kappa shape index (κ1) is 16.1. The normalized spacial score (nSPS) is 13.6. The molecule has 0 aromatic heterocycles. The second-order valence-electron chi connectivity index (χ2n) is 3.06. The van der Waals surface area contributed by atoms with Crippen molar-refractivity contribution in [3.05, 3.63) is 22.7 Å². The summed E-state index contributed by atoms with van der Waals surface area (Å²) >= 11 is 7.71. The molecule has 0 bridgehead atoms. The molecule has 0 radical (unpaired) electrons. The van der Waals surface area contributed by atoms with Gasteiger partial charge in [-0.05, 0) is 18.2 Å². The van der Waals surface area contributed by atoms with E-state index >= 15 is 0 Å². The molecule has 106 valence electrons. The summed E-state index contributed by atoms with van der Waals surface area (Å²) in [4.78, 5) is 2.87. The molecule has 0 unspecified atom stereocenters. The zero-order valence-electron chi connectivity index (χ0n) is 8.61. The molecular formula is C9H3BrClF6NO. The van der Waals surface area contributed by atoms with Gasteiger partial charge in [-0.1, -0.05) is 27.5 Å². The molecule has 0 fully saturated rings. The summed E-state index contributed by atoms with van der Waals surface area (Å²) in [7, 11) is 0. The molecule has 1 aromatic carbocycles. The van der Waals surface area contributed by atoms with Gasteiger partial charge in [0.05, 0.1) is 0 Å². The summed E-state index contributed by atoms with van der Waals surface area (Å²) in [5, 5.41) is -1.80. The van der Waals surface area contributed by atoms with Gasteiger partial charge in [-0.2, -0.15) is 13.2 Å². The fraction of sp³-hybridized carbons (Fsp3) is 0.222. The van der Waals surface area contributed by atoms with Gasteiger partial charge in [0.1, 0.15) is 5.69 Å². The van der Waals surface area contributed by atoms with Crippen molar-refractivity contribution in [2.75, 3.05) is 0 Å². The van der Waals surface area contributed by atoms with E-state index in [0.29, 0.717) is 0 Å². The number of aliphatic imine (C=N–C) groups is 1. The van der Waals surface area contributed by atoms with E-state index in [1.165, 1.54) is 6.07 Å². The number of hydrogen-bond acceptors (Lipinski definition) is 2. The third-order valence-corrected chi connectivity index (χ3v) is 2.39. The van der Waals surface area contributed by atoms with E-state index in [-0.39, 0.29) is 4.47 Å². The van der Waals surface area contributed by atoms with Crippen molar-refractivity contribution in [1.29, 1.82) is 0 Å². The van der Waals surface area contributed by atoms with Crippen molar-refractivity contribution in [2.24, 2.45) is 4.99 Å². The van der Waals surface area contributed by atoms with Crippen molar-refractivity contribution in [3.63, 3.8) is 0 Å². The minimum Gasteiger partial charge on any atom is -0.403 e. The lowest BCUT2D eigenvalue weighted by molar-refractivity contribution is -0.274. The van der Waals surface area contributed by atoms with Crippen LogP contribution in [0.5, 0.6) is 5.75 Å². The Balaban J connectivity index is 3.21. The Labute approximate surface area is 116 Å². The standard InChI is InChI=1S/C9H3BrClF6NO/c10-4-1-2-5(18-7(11)8(12,13)14)6(3-4)19-9(15,16)17/h1-3H. The maximum absolute atomic E-state index is 12.1. The SMILES string of the molecule is FC(F)(F)Oc1cc(Br)ccc1N=C(Cl)C(F)(F)F. The summed E-state index contributed by atoms with van der Waals surface area (Å²) in [6.07, 6.45) is -10.0. The average Bonchev–Trinajstić information content (AvgIpc) is 2.18. The first-order valence-electron chi connectivity index (χ1n) is 4.36. The molecule has 0 saturated carbocycles. The molecule has 1 rings (SSSR count). The average molecular weight is 370 g/mol. The van der Waals surface area contributed by atoms with E-state index < -0.39 is 29.1 Å². The summed E-state index contributed by atoms with van der Waals surface area (Å²) in [5.41, 5.74) is -0.692. The van der Waals surface area contributed by atoms with Crippen LogP contribution in [0.3, 0.4) is 0 Å². The molecule has 19 heavy (non-hydrogen) atoms. The fourth-order valence-corrected chi connectivity index (χ4v) is 1.39. The number of ether oxygens (including phenoxy) is 1. The Morgan fingerprint density at radius 1 is 1.16 bits per heavy atom. The predicted molar refractivity (Wildman–Crippen MR) is 59.8 cm³/mol. The zero-order chi connectivity index (χ0) is 14.8. The van der Waals surface area contributed by atoms with Gasteiger partial charge in [0.2, 0.25) is 5.17 Å². The third kappa shape index (κ3) is 5.27. The molecule has 0 amide bonds. The number of benzene rings is 1. The van der Waals surface area contributed by atoms with Gasteiger partial charge < -0.3 is 4.74 Å². The molecule has 0 N–H and O–H groups in total. The van der Waals surface area contributed by atoms with Crippen LogP contribution in [-0.2, 0) is 0 Å². The number of rotatable bonds is 2. The van der Waals surface area contributed by atoms with Gasteiger partial charge in [0.15, 0.2) is 5.75 Å². The lowest BCUT2D eigenvalue weighted by Gasteiger charge is -2.12. The van der Waals surface area contributed by atoms with E-state index in [0.717, 1.165) is 12.1 Å². The van der Waals surface area contributed by atoms with Crippen molar-refractivity contribution >= 4 is 38.4 Å². The van der Waals surface area contributed by atoms with Gasteiger partial charge >= 0.3 is 12.5 Å². The molecule has 0 spiro atoms. The van der Waals surface area contributed by atoms with Crippen LogP contribution in [0.1, 0.15) is 0 Å². The maximum Gasteiger partial charge on any atom is 0.573 e. The van der Waals surface area contributed by atoms with Gasteiger partial charge in [0.25, 0.3) is 0 Å². The molecule has 1 aromatic rings. The smallest absolute Gasteiger partial charge is 0.403 e. The molecule has 0 aliphatic carbocycles. The van der Waals surface area contributed by atoms with Crippen LogP contribution in [0.25, 0.3) is 0 Å². The molecule has 0 aliphatic heterocycles. The first-order valence-corrected chi connectivity index (χ1v) is 5.53. The van der Waals surface area contributed by atoms with E-state index in [1.807, 2.05) is 0 Å². The Bertz CT molecular complexity index is 498. The van der Waals surface area contributed by atoms with Crippen molar-refractivity contribution in [1.82, 2.24) is 0 Å². The quantitative estimate of drug-likeness (QED) is 0.519. The molecule has 0 atom stereocenters. The van der Waals surface area contributed by atoms with Crippen molar-refractivity contribution < 1.29 is 31.1 Å². The molecule has 0 heterocycles. The van der Waals surface area contributed by atoms with E-state index in [2.05, 4.69) is 25.7 Å². The second kappa shape index (κ2) is 5.58. The number of alkyl halides is 6. The lowest BCUT2D eigenvalue weighted by atomic mass is 10.3. The molecule has 0 saturated heterocycles. The Morgan fingerprint density at radius 2 is 1.74 bits per heavy atom. The monoisotopic (exact) mass is 369 g/mol. The van der Waals surface area contributed by atoms with E-state index in [9.17, 15) is 26.3 Å². The second-order valence-corrected chi connectivity index (χ2v) is 4.33. The topological polar surface area (TPSA) is 21.6 Å². The summed E-state index contributed by atoms with van der Waals surface area (Å²) in [6.45, 7) is 0. The van der Waals surface area contributed by atoms with Crippen LogP contribution >= 0.6 is 27.5 Å². The molecular weight excluding hydrogens is 367 g/mol. The minimum absolute atomic E-state index is 0.175. The highest BCUT2D eigenvalue weighted by Gasteiger charge is 2.36. The van der Waals surface area contributed by atoms with Crippen LogP contribution in [-0.4, -0.2) is 17.7 Å². The number of hydrogen-bond donors (Lipinski definition) is 0.